The summed E-state index contributed by atoms with van der Waals surface area (Å²) in [5.41, 5.74) is 2.57. The molecule has 8 heteroatoms. The first-order valence-electron chi connectivity index (χ1n) is 10.1. The fourth-order valence-electron chi connectivity index (χ4n) is 3.01. The molecule has 3 rings (SSSR count). The SMILES string of the molecule is CC[C@@H](Oc1ccccc1C)C(=O)Nc1ccc(S(=O)(=O)Nc2cc(Cl)ccc2C)cc1. The van der Waals surface area contributed by atoms with Gasteiger partial charge >= 0.3 is 0 Å². The Bertz CT molecular complexity index is 1210. The predicted molar refractivity (Wildman–Crippen MR) is 128 cm³/mol. The van der Waals surface area contributed by atoms with E-state index in [1.165, 1.54) is 24.3 Å². The lowest BCUT2D eigenvalue weighted by molar-refractivity contribution is -0.122. The second-order valence-corrected chi connectivity index (χ2v) is 9.48. The number of para-hydroxylation sites is 1. The summed E-state index contributed by atoms with van der Waals surface area (Å²) in [6.07, 6.45) is -0.192. The Hall–Kier alpha value is -3.03. The lowest BCUT2D eigenvalue weighted by atomic mass is 10.2. The van der Waals surface area contributed by atoms with E-state index in [0.717, 1.165) is 11.1 Å². The maximum atomic E-state index is 12.7. The van der Waals surface area contributed by atoms with Crippen LogP contribution in [0.2, 0.25) is 5.02 Å². The number of carbonyl (C=O) groups is 1. The zero-order chi connectivity index (χ0) is 23.3. The van der Waals surface area contributed by atoms with Gasteiger partial charge in [-0.3, -0.25) is 9.52 Å². The molecule has 0 saturated heterocycles. The number of benzene rings is 3. The van der Waals surface area contributed by atoms with Crippen molar-refractivity contribution in [2.45, 2.75) is 38.2 Å². The van der Waals surface area contributed by atoms with Crippen LogP contribution in [0.5, 0.6) is 5.75 Å². The van der Waals surface area contributed by atoms with Crippen LogP contribution in [0.1, 0.15) is 24.5 Å². The first kappa shape index (κ1) is 23.6. The largest absolute Gasteiger partial charge is 0.480 e. The molecule has 1 atom stereocenters. The number of amides is 1. The highest BCUT2D eigenvalue weighted by Crippen LogP contribution is 2.24. The van der Waals surface area contributed by atoms with Crippen LogP contribution in [-0.4, -0.2) is 20.4 Å². The molecule has 0 aliphatic heterocycles. The summed E-state index contributed by atoms with van der Waals surface area (Å²) in [6.45, 7) is 5.57. The maximum Gasteiger partial charge on any atom is 0.265 e. The van der Waals surface area contributed by atoms with Gasteiger partial charge < -0.3 is 10.1 Å². The molecule has 2 N–H and O–H groups in total. The van der Waals surface area contributed by atoms with Crippen molar-refractivity contribution in [2.24, 2.45) is 0 Å². The molecule has 0 saturated carbocycles. The van der Waals surface area contributed by atoms with Gasteiger partial charge in [-0.05, 0) is 73.9 Å². The van der Waals surface area contributed by atoms with Crippen LogP contribution in [0.4, 0.5) is 11.4 Å². The van der Waals surface area contributed by atoms with Crippen LogP contribution in [0.25, 0.3) is 0 Å². The Morgan fingerprint density at radius 2 is 1.69 bits per heavy atom. The van der Waals surface area contributed by atoms with Crippen molar-refractivity contribution in [3.63, 3.8) is 0 Å². The van der Waals surface area contributed by atoms with Crippen molar-refractivity contribution < 1.29 is 17.9 Å². The molecule has 0 heterocycles. The zero-order valence-electron chi connectivity index (χ0n) is 18.1. The van der Waals surface area contributed by atoms with E-state index in [1.54, 1.807) is 25.1 Å². The molecule has 0 radical (unpaired) electrons. The van der Waals surface area contributed by atoms with E-state index in [1.807, 2.05) is 38.1 Å². The third-order valence-corrected chi connectivity index (χ3v) is 6.52. The van der Waals surface area contributed by atoms with Gasteiger partial charge in [0.1, 0.15) is 5.75 Å². The second-order valence-electron chi connectivity index (χ2n) is 7.36. The quantitative estimate of drug-likeness (QED) is 0.450. The summed E-state index contributed by atoms with van der Waals surface area (Å²) >= 11 is 5.97. The van der Waals surface area contributed by atoms with Gasteiger partial charge in [0.2, 0.25) is 0 Å². The summed E-state index contributed by atoms with van der Waals surface area (Å²) in [6, 6.07) is 18.4. The van der Waals surface area contributed by atoms with E-state index in [-0.39, 0.29) is 10.8 Å². The summed E-state index contributed by atoms with van der Waals surface area (Å²) in [5, 5.41) is 3.22. The number of sulfonamides is 1. The van der Waals surface area contributed by atoms with Crippen LogP contribution in [0.3, 0.4) is 0 Å². The zero-order valence-corrected chi connectivity index (χ0v) is 19.6. The van der Waals surface area contributed by atoms with E-state index < -0.39 is 16.1 Å². The number of anilines is 2. The monoisotopic (exact) mass is 472 g/mol. The van der Waals surface area contributed by atoms with E-state index >= 15 is 0 Å². The first-order chi connectivity index (χ1) is 15.2. The molecule has 0 aliphatic carbocycles. The molecule has 168 valence electrons. The molecular weight excluding hydrogens is 448 g/mol. The number of carbonyl (C=O) groups excluding carboxylic acids is 1. The van der Waals surface area contributed by atoms with Crippen LogP contribution < -0.4 is 14.8 Å². The normalized spacial score (nSPS) is 12.1. The molecule has 0 aromatic heterocycles. The fourth-order valence-corrected chi connectivity index (χ4v) is 4.31. The molecule has 1 amide bonds. The number of hydrogen-bond donors (Lipinski definition) is 2. The van der Waals surface area contributed by atoms with Gasteiger partial charge in [-0.25, -0.2) is 8.42 Å². The summed E-state index contributed by atoms with van der Waals surface area (Å²) in [5.74, 6) is 0.345. The Balaban J connectivity index is 1.70. The van der Waals surface area contributed by atoms with Gasteiger partial charge in [-0.2, -0.15) is 0 Å². The standard InChI is InChI=1S/C24H25ClN2O4S/c1-4-22(31-23-8-6-5-7-17(23)3)24(28)26-19-11-13-20(14-12-19)32(29,30)27-21-15-18(25)10-9-16(21)2/h5-15,22,27H,4H2,1-3H3,(H,26,28)/t22-/m1/s1. The molecule has 0 unspecified atom stereocenters. The third-order valence-electron chi connectivity index (χ3n) is 4.90. The molecule has 32 heavy (non-hydrogen) atoms. The average Bonchev–Trinajstić information content (AvgIpc) is 2.76. The number of hydrogen-bond acceptors (Lipinski definition) is 4. The molecule has 0 fully saturated rings. The average molecular weight is 473 g/mol. The number of nitrogens with one attached hydrogen (secondary N) is 2. The highest BCUT2D eigenvalue weighted by atomic mass is 35.5. The van der Waals surface area contributed by atoms with E-state index in [0.29, 0.717) is 28.6 Å². The van der Waals surface area contributed by atoms with Gasteiger partial charge in [-0.15, -0.1) is 0 Å². The van der Waals surface area contributed by atoms with E-state index in [9.17, 15) is 13.2 Å². The van der Waals surface area contributed by atoms with Crippen molar-refractivity contribution in [3.8, 4) is 5.75 Å². The topological polar surface area (TPSA) is 84.5 Å². The third kappa shape index (κ3) is 5.81. The maximum absolute atomic E-state index is 12.7. The minimum Gasteiger partial charge on any atom is -0.480 e. The Labute approximate surface area is 193 Å². The number of rotatable bonds is 8. The van der Waals surface area contributed by atoms with Gasteiger partial charge in [0.15, 0.2) is 6.10 Å². The summed E-state index contributed by atoms with van der Waals surface area (Å²) in [4.78, 5) is 12.7. The lowest BCUT2D eigenvalue weighted by Crippen LogP contribution is -2.32. The highest BCUT2D eigenvalue weighted by Gasteiger charge is 2.20. The van der Waals surface area contributed by atoms with Crippen molar-refractivity contribution >= 4 is 38.9 Å². The van der Waals surface area contributed by atoms with Crippen LogP contribution in [0.15, 0.2) is 71.6 Å². The van der Waals surface area contributed by atoms with E-state index in [2.05, 4.69) is 10.0 Å². The van der Waals surface area contributed by atoms with Gasteiger partial charge in [0.25, 0.3) is 15.9 Å². The predicted octanol–water partition coefficient (Wildman–Crippen LogP) is 5.55. The first-order valence-corrected chi connectivity index (χ1v) is 12.0. The second kappa shape index (κ2) is 10.1. The van der Waals surface area contributed by atoms with Gasteiger partial charge in [0.05, 0.1) is 10.6 Å². The molecule has 0 bridgehead atoms. The summed E-state index contributed by atoms with van der Waals surface area (Å²) < 4.78 is 33.9. The van der Waals surface area contributed by atoms with Gasteiger partial charge in [0, 0.05) is 10.7 Å². The van der Waals surface area contributed by atoms with Gasteiger partial charge in [-0.1, -0.05) is 42.8 Å². The molecule has 3 aromatic carbocycles. The van der Waals surface area contributed by atoms with Crippen LogP contribution in [0, 0.1) is 13.8 Å². The molecule has 0 spiro atoms. The number of halogens is 1. The van der Waals surface area contributed by atoms with Crippen molar-refractivity contribution in [1.82, 2.24) is 0 Å². The summed E-state index contributed by atoms with van der Waals surface area (Å²) in [7, 11) is -3.81. The Morgan fingerprint density at radius 1 is 1.00 bits per heavy atom. The van der Waals surface area contributed by atoms with Crippen molar-refractivity contribution in [2.75, 3.05) is 10.0 Å². The van der Waals surface area contributed by atoms with Crippen LogP contribution >= 0.6 is 11.6 Å². The molecule has 3 aromatic rings. The lowest BCUT2D eigenvalue weighted by Gasteiger charge is -2.18. The molecule has 6 nitrogen and oxygen atoms in total. The minimum atomic E-state index is -3.81. The Morgan fingerprint density at radius 3 is 2.34 bits per heavy atom. The highest BCUT2D eigenvalue weighted by molar-refractivity contribution is 7.92. The number of ether oxygens (including phenoxy) is 1. The van der Waals surface area contributed by atoms with Crippen molar-refractivity contribution in [3.05, 3.63) is 82.9 Å². The smallest absolute Gasteiger partial charge is 0.265 e. The van der Waals surface area contributed by atoms with E-state index in [4.69, 9.17) is 16.3 Å². The number of aryl methyl sites for hydroxylation is 2. The molecular formula is C24H25ClN2O4S. The van der Waals surface area contributed by atoms with Crippen LogP contribution in [-0.2, 0) is 14.8 Å². The minimum absolute atomic E-state index is 0.0677. The fraction of sp³-hybridized carbons (Fsp3) is 0.208. The molecule has 0 aliphatic rings. The van der Waals surface area contributed by atoms with Crippen molar-refractivity contribution in [1.29, 1.82) is 0 Å². The Kier molecular flexibility index (Phi) is 7.43.